The van der Waals surface area contributed by atoms with Gasteiger partial charge in [-0.05, 0) is 38.0 Å². The number of carboxylic acids is 1. The van der Waals surface area contributed by atoms with Crippen LogP contribution in [0.15, 0.2) is 89.5 Å². The lowest BCUT2D eigenvalue weighted by molar-refractivity contribution is -0.159. The van der Waals surface area contributed by atoms with E-state index in [2.05, 4.69) is 69.6 Å². The molecule has 0 unspecified atom stereocenters. The molecule has 0 bridgehead atoms. The van der Waals surface area contributed by atoms with Gasteiger partial charge in [-0.3, -0.25) is 9.59 Å². The minimum Gasteiger partial charge on any atom is -0.480 e. The number of nitrogens with zero attached hydrogens (tertiary/aromatic N) is 2. The highest BCUT2D eigenvalue weighted by atomic mass is 35.5. The van der Waals surface area contributed by atoms with Crippen molar-refractivity contribution in [3.05, 3.63) is 112 Å². The summed E-state index contributed by atoms with van der Waals surface area (Å²) < 4.78 is 4.54. The highest BCUT2D eigenvalue weighted by Gasteiger charge is 2.64. The normalized spacial score (nSPS) is 19.3. The molecule has 1 aromatic heterocycles. The quantitative estimate of drug-likeness (QED) is 0.126. The maximum atomic E-state index is 13.0. The van der Waals surface area contributed by atoms with Gasteiger partial charge < -0.3 is 30.5 Å². The zero-order valence-corrected chi connectivity index (χ0v) is 28.0. The topological polar surface area (TPSA) is 137 Å². The van der Waals surface area contributed by atoms with E-state index >= 15 is 0 Å². The van der Waals surface area contributed by atoms with Gasteiger partial charge in [-0.25, -0.2) is 4.79 Å². The molecule has 4 aromatic rings. The molecule has 47 heavy (non-hydrogen) atoms. The number of hydrogen-bond donors (Lipinski definition) is 4. The van der Waals surface area contributed by atoms with Crippen molar-refractivity contribution < 1.29 is 24.0 Å². The molecular formula is C35H38ClN5O5S. The number of amides is 2. The molecule has 2 aliphatic heterocycles. The van der Waals surface area contributed by atoms with Crippen LogP contribution in [0.2, 0.25) is 5.02 Å². The smallest absolute Gasteiger partial charge is 0.327 e. The molecule has 10 nitrogen and oxygen atoms in total. The van der Waals surface area contributed by atoms with Gasteiger partial charge in [0.15, 0.2) is 0 Å². The van der Waals surface area contributed by atoms with Crippen LogP contribution in [0.25, 0.3) is 11.3 Å². The van der Waals surface area contributed by atoms with Crippen LogP contribution >= 0.6 is 23.4 Å². The molecule has 3 heterocycles. The van der Waals surface area contributed by atoms with Crippen LogP contribution in [0.1, 0.15) is 41.1 Å². The van der Waals surface area contributed by atoms with Gasteiger partial charge in [0.05, 0.1) is 5.02 Å². The molecule has 0 aliphatic carbocycles. The summed E-state index contributed by atoms with van der Waals surface area (Å²) in [4.78, 5) is 38.6. The fraction of sp³-hybridized carbons (Fsp3) is 0.314. The highest BCUT2D eigenvalue weighted by Crippen LogP contribution is 2.50. The number of aromatic nitrogens is 1. The minimum atomic E-state index is -1.06. The van der Waals surface area contributed by atoms with Crippen molar-refractivity contribution in [2.75, 3.05) is 13.1 Å². The van der Waals surface area contributed by atoms with Crippen molar-refractivity contribution in [3.63, 3.8) is 0 Å². The SMILES string of the molecule is Cc1onc(-c2ccccc2Cl)c1C(=O)N[C@@H]1C(=O)N2[C@@H]1SC(C)(C)[C@@H]2C(=O)O.c1ccc(CNCCNCc2ccccc2)cc1. The summed E-state index contributed by atoms with van der Waals surface area (Å²) in [5, 5.41) is 23.0. The molecule has 2 aliphatic rings. The second kappa shape index (κ2) is 15.2. The Morgan fingerprint density at radius 2 is 1.49 bits per heavy atom. The fourth-order valence-corrected chi connectivity index (χ4v) is 7.52. The number of carbonyl (C=O) groups is 3. The van der Waals surface area contributed by atoms with Gasteiger partial charge in [-0.15, -0.1) is 11.8 Å². The number of fused-ring (bicyclic) bond motifs is 1. The lowest BCUT2D eigenvalue weighted by Crippen LogP contribution is -2.70. The van der Waals surface area contributed by atoms with Crippen LogP contribution in [0.4, 0.5) is 0 Å². The van der Waals surface area contributed by atoms with Crippen molar-refractivity contribution in [3.8, 4) is 11.3 Å². The van der Waals surface area contributed by atoms with Crippen LogP contribution in [-0.4, -0.2) is 68.2 Å². The molecule has 0 saturated carbocycles. The largest absolute Gasteiger partial charge is 0.480 e. The summed E-state index contributed by atoms with van der Waals surface area (Å²) in [6.45, 7) is 9.01. The summed E-state index contributed by atoms with van der Waals surface area (Å²) in [6, 6.07) is 26.1. The van der Waals surface area contributed by atoms with Crippen molar-refractivity contribution >= 4 is 41.1 Å². The maximum Gasteiger partial charge on any atom is 0.327 e. The Morgan fingerprint density at radius 1 is 0.936 bits per heavy atom. The van der Waals surface area contributed by atoms with Gasteiger partial charge in [0, 0.05) is 36.5 Å². The first-order valence-corrected chi connectivity index (χ1v) is 16.6. The average Bonchev–Trinajstić information content (AvgIpc) is 3.57. The van der Waals surface area contributed by atoms with E-state index in [0.29, 0.717) is 16.3 Å². The molecule has 4 N–H and O–H groups in total. The Bertz CT molecular complexity index is 1660. The van der Waals surface area contributed by atoms with E-state index in [4.69, 9.17) is 16.1 Å². The highest BCUT2D eigenvalue weighted by molar-refractivity contribution is 8.01. The number of aryl methyl sites for hydroxylation is 1. The molecule has 0 spiro atoms. The van der Waals surface area contributed by atoms with Gasteiger partial charge in [-0.1, -0.05) is 95.6 Å². The number of carboxylic acid groups (broad SMARTS) is 1. The van der Waals surface area contributed by atoms with Gasteiger partial charge in [0.1, 0.15) is 34.5 Å². The third-order valence-electron chi connectivity index (χ3n) is 8.00. The number of β-lactam (4-membered cyclic amide) rings is 1. The van der Waals surface area contributed by atoms with E-state index in [1.165, 1.54) is 27.8 Å². The Balaban J connectivity index is 0.000000207. The number of benzene rings is 3. The lowest BCUT2D eigenvalue weighted by atomic mass is 9.95. The molecule has 3 aromatic carbocycles. The Labute approximate surface area is 283 Å². The Morgan fingerprint density at radius 3 is 2.04 bits per heavy atom. The van der Waals surface area contributed by atoms with Gasteiger partial charge in [-0.2, -0.15) is 0 Å². The van der Waals surface area contributed by atoms with Crippen LogP contribution in [-0.2, 0) is 22.7 Å². The summed E-state index contributed by atoms with van der Waals surface area (Å²) in [5.41, 5.74) is 3.69. The summed E-state index contributed by atoms with van der Waals surface area (Å²) >= 11 is 7.59. The fourth-order valence-electron chi connectivity index (χ4n) is 5.67. The standard InChI is InChI=1S/C19H18ClN3O5S.C16H20N2/c1-8-11(12(22-28-8)9-6-4-5-7-10(9)20)15(24)21-13-16(25)23-14(18(26)27)19(2,3)29-17(13)23;1-3-7-15(8-4-1)13-17-11-12-18-14-16-9-5-2-6-10-16/h4-7,13-14,17H,1-3H3,(H,21,24)(H,26,27);1-10,17-18H,11-14H2/t13-,14+,17-;/m1./s1. The van der Waals surface area contributed by atoms with Crippen LogP contribution in [0, 0.1) is 6.92 Å². The Hall–Kier alpha value is -4.16. The molecule has 246 valence electrons. The van der Waals surface area contributed by atoms with E-state index < -0.39 is 40.0 Å². The Kier molecular flexibility index (Phi) is 11.0. The number of carbonyl (C=O) groups excluding carboxylic acids is 2. The minimum absolute atomic E-state index is 0.196. The van der Waals surface area contributed by atoms with E-state index in [0.717, 1.165) is 26.2 Å². The van der Waals surface area contributed by atoms with Gasteiger partial charge in [0.2, 0.25) is 5.91 Å². The molecule has 2 saturated heterocycles. The molecule has 6 rings (SSSR count). The van der Waals surface area contributed by atoms with Gasteiger partial charge in [0.25, 0.3) is 5.91 Å². The third-order valence-corrected chi connectivity index (χ3v) is 9.90. The molecule has 12 heteroatoms. The van der Waals surface area contributed by atoms with Gasteiger partial charge >= 0.3 is 5.97 Å². The molecule has 2 fully saturated rings. The monoisotopic (exact) mass is 675 g/mol. The third kappa shape index (κ3) is 7.87. The van der Waals surface area contributed by atoms with Crippen LogP contribution < -0.4 is 16.0 Å². The number of nitrogens with one attached hydrogen (secondary N) is 3. The van der Waals surface area contributed by atoms with E-state index in [1.807, 2.05) is 12.1 Å². The van der Waals surface area contributed by atoms with E-state index in [1.54, 1.807) is 45.0 Å². The summed E-state index contributed by atoms with van der Waals surface area (Å²) in [7, 11) is 0. The number of hydrogen-bond acceptors (Lipinski definition) is 8. The number of thioether (sulfide) groups is 1. The molecule has 0 radical (unpaired) electrons. The van der Waals surface area contributed by atoms with E-state index in [-0.39, 0.29) is 11.3 Å². The zero-order chi connectivity index (χ0) is 33.6. The molecular weight excluding hydrogens is 638 g/mol. The first-order valence-electron chi connectivity index (χ1n) is 15.3. The molecule has 2 amide bonds. The average molecular weight is 676 g/mol. The van der Waals surface area contributed by atoms with Crippen molar-refractivity contribution in [1.82, 2.24) is 26.0 Å². The summed E-state index contributed by atoms with van der Waals surface area (Å²) in [5.74, 6) is -1.70. The lowest BCUT2D eigenvalue weighted by Gasteiger charge is -2.43. The number of rotatable bonds is 11. The van der Waals surface area contributed by atoms with Crippen molar-refractivity contribution in [2.24, 2.45) is 0 Å². The van der Waals surface area contributed by atoms with Crippen LogP contribution in [0.3, 0.4) is 0 Å². The van der Waals surface area contributed by atoms with Crippen molar-refractivity contribution in [2.45, 2.75) is 56.1 Å². The second-order valence-electron chi connectivity index (χ2n) is 11.8. The number of aliphatic carboxylic acids is 1. The van der Waals surface area contributed by atoms with Crippen molar-refractivity contribution in [1.29, 1.82) is 0 Å². The van der Waals surface area contributed by atoms with Crippen LogP contribution in [0.5, 0.6) is 0 Å². The maximum absolute atomic E-state index is 13.0. The predicted molar refractivity (Wildman–Crippen MR) is 183 cm³/mol. The number of halogens is 1. The zero-order valence-electron chi connectivity index (χ0n) is 26.4. The second-order valence-corrected chi connectivity index (χ2v) is 14.0. The predicted octanol–water partition coefficient (Wildman–Crippen LogP) is 5.11. The first-order chi connectivity index (χ1) is 22.6. The summed E-state index contributed by atoms with van der Waals surface area (Å²) in [6.07, 6.45) is 0. The molecule has 3 atom stereocenters. The van der Waals surface area contributed by atoms with E-state index in [9.17, 15) is 19.5 Å². The first kappa shape index (κ1) is 34.2.